The van der Waals surface area contributed by atoms with Gasteiger partial charge in [0.25, 0.3) is 0 Å². The number of rotatable bonds is 13. The first-order chi connectivity index (χ1) is 14.4. The predicted octanol–water partition coefficient (Wildman–Crippen LogP) is -1.06. The van der Waals surface area contributed by atoms with Crippen LogP contribution in [-0.4, -0.2) is 96.9 Å². The highest BCUT2D eigenvalue weighted by molar-refractivity contribution is 8.14. The number of ketones is 1. The van der Waals surface area contributed by atoms with E-state index < -0.39 is 57.7 Å². The molecule has 1 saturated heterocycles. The van der Waals surface area contributed by atoms with Crippen LogP contribution in [0.1, 0.15) is 38.5 Å². The van der Waals surface area contributed by atoms with Gasteiger partial charge in [0, 0.05) is 42.1 Å². The van der Waals surface area contributed by atoms with Gasteiger partial charge in [-0.05, 0) is 12.8 Å². The molecule has 0 aromatic rings. The molecule has 0 unspecified atom stereocenters. The molecule has 0 aromatic heterocycles. The Hall–Kier alpha value is -0.650. The molecule has 12 nitrogen and oxygen atoms in total. The van der Waals surface area contributed by atoms with Gasteiger partial charge in [0.05, 0.1) is 6.61 Å². The third kappa shape index (κ3) is 11.2. The molecule has 6 atom stereocenters. The molecule has 1 heterocycles. The van der Waals surface area contributed by atoms with E-state index in [0.29, 0.717) is 23.9 Å². The molecule has 0 aromatic carbocycles. The summed E-state index contributed by atoms with van der Waals surface area (Å²) < 4.78 is 50.7. The third-order valence-electron chi connectivity index (χ3n) is 4.34. The van der Waals surface area contributed by atoms with Gasteiger partial charge < -0.3 is 25.2 Å². The molecule has 182 valence electrons. The van der Waals surface area contributed by atoms with Gasteiger partial charge in [0.2, 0.25) is 0 Å². The van der Waals surface area contributed by atoms with Gasteiger partial charge in [0.1, 0.15) is 40.7 Å². The maximum Gasteiger partial charge on any atom is 0.466 e. The molecule has 0 bridgehead atoms. The number of Topliss-reactive ketones (excluding diaryl/α,β-unsaturated/α-hetero) is 1. The second kappa shape index (κ2) is 13.8. The summed E-state index contributed by atoms with van der Waals surface area (Å²) in [7, 11) is -5.80. The molecule has 15 heteroatoms. The molecular weight excluding hydrogens is 478 g/mol. The number of oxime groups is 1. The first-order valence-corrected chi connectivity index (χ1v) is 13.4. The number of aliphatic hydroxyl groups is 4. The van der Waals surface area contributed by atoms with E-state index in [2.05, 4.69) is 9.44 Å². The maximum absolute atomic E-state index is 12.1. The fraction of sp³-hybridized carbons (Fsp3) is 0.875. The molecular formula is C16H29NO11S3. The number of unbranched alkanes of at least 4 members (excludes halogenated alkanes) is 2. The van der Waals surface area contributed by atoms with E-state index in [0.717, 1.165) is 12.8 Å². The van der Waals surface area contributed by atoms with Crippen molar-refractivity contribution in [3.05, 3.63) is 0 Å². The molecule has 1 aliphatic rings. The van der Waals surface area contributed by atoms with Crippen LogP contribution in [0.15, 0.2) is 5.16 Å². The fourth-order valence-corrected chi connectivity index (χ4v) is 4.60. The van der Waals surface area contributed by atoms with Gasteiger partial charge in [-0.25, -0.2) is 4.28 Å². The summed E-state index contributed by atoms with van der Waals surface area (Å²) in [4.78, 5) is 12.1. The summed E-state index contributed by atoms with van der Waals surface area (Å²) >= 11 is 0.625. The molecule has 1 fully saturated rings. The number of hydrogen-bond acceptors (Lipinski definition) is 12. The fourth-order valence-electron chi connectivity index (χ4n) is 2.69. The number of aliphatic hydroxyl groups excluding tert-OH is 4. The van der Waals surface area contributed by atoms with E-state index in [1.165, 1.54) is 0 Å². The van der Waals surface area contributed by atoms with E-state index in [-0.39, 0.29) is 30.1 Å². The Bertz CT molecular complexity index is 728. The zero-order valence-corrected chi connectivity index (χ0v) is 19.4. The number of thioether (sulfide) groups is 1. The highest BCUT2D eigenvalue weighted by Gasteiger charge is 2.44. The van der Waals surface area contributed by atoms with E-state index >= 15 is 0 Å². The van der Waals surface area contributed by atoms with Gasteiger partial charge >= 0.3 is 10.4 Å². The van der Waals surface area contributed by atoms with Crippen molar-refractivity contribution < 1.29 is 51.4 Å². The molecule has 0 aliphatic carbocycles. The lowest BCUT2D eigenvalue weighted by Gasteiger charge is -2.39. The van der Waals surface area contributed by atoms with Crippen LogP contribution in [0.2, 0.25) is 0 Å². The van der Waals surface area contributed by atoms with Crippen LogP contribution in [0, 0.1) is 0 Å². The molecule has 0 radical (unpaired) electrons. The van der Waals surface area contributed by atoms with Crippen LogP contribution >= 0.6 is 11.8 Å². The Morgan fingerprint density at radius 3 is 2.35 bits per heavy atom. The minimum atomic E-state index is -4.92. The van der Waals surface area contributed by atoms with E-state index in [9.17, 15) is 37.8 Å². The molecule has 0 spiro atoms. The lowest BCUT2D eigenvalue weighted by Crippen LogP contribution is -2.57. The second-order valence-electron chi connectivity index (χ2n) is 6.93. The SMILES string of the molecule is C[S@@](=O)CCCCCC(=O)CC/C(=N\OS(=O)(=O)O)S[C@H]1O[C@@H](CO)[C@H](O)[C@@H](O)[C@H]1O. The zero-order valence-electron chi connectivity index (χ0n) is 16.9. The average Bonchev–Trinajstić information content (AvgIpc) is 2.68. The number of nitrogens with zero attached hydrogens (tertiary/aromatic N) is 1. The Morgan fingerprint density at radius 1 is 1.10 bits per heavy atom. The molecule has 5 N–H and O–H groups in total. The maximum atomic E-state index is 12.1. The molecule has 0 amide bonds. The van der Waals surface area contributed by atoms with Crippen LogP contribution in [0.5, 0.6) is 0 Å². The third-order valence-corrected chi connectivity index (χ3v) is 6.64. The predicted molar refractivity (Wildman–Crippen MR) is 113 cm³/mol. The van der Waals surface area contributed by atoms with Crippen molar-refractivity contribution in [1.82, 2.24) is 0 Å². The highest BCUT2D eigenvalue weighted by Crippen LogP contribution is 2.30. The largest absolute Gasteiger partial charge is 0.466 e. The van der Waals surface area contributed by atoms with Gasteiger partial charge in [-0.15, -0.1) is 0 Å². The highest BCUT2D eigenvalue weighted by atomic mass is 32.3. The van der Waals surface area contributed by atoms with Crippen molar-refractivity contribution in [2.45, 2.75) is 68.4 Å². The summed E-state index contributed by atoms with van der Waals surface area (Å²) in [6, 6.07) is 0. The van der Waals surface area contributed by atoms with Crippen LogP contribution < -0.4 is 0 Å². The topological polar surface area (TPSA) is 200 Å². The van der Waals surface area contributed by atoms with E-state index in [1.54, 1.807) is 6.26 Å². The van der Waals surface area contributed by atoms with Crippen molar-refractivity contribution in [1.29, 1.82) is 0 Å². The molecule has 1 rings (SSSR count). The van der Waals surface area contributed by atoms with Gasteiger partial charge in [-0.1, -0.05) is 23.3 Å². The lowest BCUT2D eigenvalue weighted by atomic mass is 10.0. The number of ether oxygens (including phenoxy) is 1. The number of hydrogen-bond donors (Lipinski definition) is 5. The van der Waals surface area contributed by atoms with E-state index in [1.807, 2.05) is 0 Å². The summed E-state index contributed by atoms with van der Waals surface area (Å²) in [5.41, 5.74) is -1.26. The minimum Gasteiger partial charge on any atom is -0.394 e. The Morgan fingerprint density at radius 2 is 1.77 bits per heavy atom. The van der Waals surface area contributed by atoms with Crippen molar-refractivity contribution in [2.75, 3.05) is 18.6 Å². The van der Waals surface area contributed by atoms with E-state index in [4.69, 9.17) is 9.29 Å². The van der Waals surface area contributed by atoms with Gasteiger partial charge in [-0.2, -0.15) is 8.42 Å². The lowest BCUT2D eigenvalue weighted by molar-refractivity contribution is -0.205. The van der Waals surface area contributed by atoms with Crippen LogP contribution in [0.25, 0.3) is 0 Å². The molecule has 1 aliphatic heterocycles. The van der Waals surface area contributed by atoms with Crippen molar-refractivity contribution in [3.8, 4) is 0 Å². The second-order valence-corrected chi connectivity index (χ2v) is 10.7. The quantitative estimate of drug-likeness (QED) is 0.0666. The molecule has 0 saturated carbocycles. The van der Waals surface area contributed by atoms with Crippen LogP contribution in [0.3, 0.4) is 0 Å². The summed E-state index contributed by atoms with van der Waals surface area (Å²) in [6.07, 6.45) is -2.23. The first-order valence-electron chi connectivity index (χ1n) is 9.46. The monoisotopic (exact) mass is 507 g/mol. The normalized spacial score (nSPS) is 28.3. The zero-order chi connectivity index (χ0) is 23.6. The first kappa shape index (κ1) is 28.4. The Labute approximate surface area is 187 Å². The van der Waals surface area contributed by atoms with Gasteiger partial charge in [0.15, 0.2) is 0 Å². The smallest absolute Gasteiger partial charge is 0.394 e. The summed E-state index contributed by atoms with van der Waals surface area (Å²) in [6.45, 7) is -0.653. The van der Waals surface area contributed by atoms with Crippen LogP contribution in [0.4, 0.5) is 0 Å². The van der Waals surface area contributed by atoms with Crippen molar-refractivity contribution >= 4 is 43.8 Å². The summed E-state index contributed by atoms with van der Waals surface area (Å²) in [5, 5.41) is 42.1. The average molecular weight is 508 g/mol. The standard InChI is InChI=1S/C16H29NO11S3/c1-30(23)8-4-2-3-5-10(19)6-7-12(17-28-31(24,25)26)29-16-15(22)14(21)13(20)11(9-18)27-16/h11,13-16,18,20-22H,2-9H2,1H3,(H,24,25,26)/b17-12+/t11-,13-,14+,15+,16+,30+/m0/s1. The minimum absolute atomic E-state index is 0.0438. The van der Waals surface area contributed by atoms with Crippen molar-refractivity contribution in [3.63, 3.8) is 0 Å². The van der Waals surface area contributed by atoms with Crippen LogP contribution in [-0.2, 0) is 35.0 Å². The number of carbonyl (C=O) groups is 1. The van der Waals surface area contributed by atoms with Crippen molar-refractivity contribution in [2.24, 2.45) is 5.16 Å². The Balaban J connectivity index is 2.69. The Kier molecular flexibility index (Phi) is 12.6. The van der Waals surface area contributed by atoms with Gasteiger partial charge in [-0.3, -0.25) is 13.6 Å². The number of carbonyl (C=O) groups excluding carboxylic acids is 1. The molecule has 31 heavy (non-hydrogen) atoms. The summed E-state index contributed by atoms with van der Waals surface area (Å²) in [5.74, 6) is 0.417.